The van der Waals surface area contributed by atoms with E-state index in [0.717, 1.165) is 4.47 Å². The van der Waals surface area contributed by atoms with Crippen molar-refractivity contribution in [2.75, 3.05) is 13.1 Å². The average molecular weight is 354 g/mol. The maximum atomic E-state index is 11.2. The summed E-state index contributed by atoms with van der Waals surface area (Å²) >= 11 is 5.15. The molecule has 3 N–H and O–H groups in total. The molecule has 0 spiro atoms. The van der Waals surface area contributed by atoms with Gasteiger partial charge in [0.15, 0.2) is 0 Å². The number of benzene rings is 1. The molecule has 1 aromatic rings. The second-order valence-corrected chi connectivity index (χ2v) is 6.15. The van der Waals surface area contributed by atoms with E-state index in [4.69, 9.17) is 5.73 Å². The average Bonchev–Trinajstić information content (AvgIpc) is 2.30. The lowest BCUT2D eigenvalue weighted by molar-refractivity contribution is -0.120. The normalized spacial score (nSPS) is 11.5. The lowest BCUT2D eigenvalue weighted by atomic mass is 10.4. The van der Waals surface area contributed by atoms with Crippen molar-refractivity contribution in [3.05, 3.63) is 28.7 Å². The fourth-order valence-electron chi connectivity index (χ4n) is 1.26. The maximum absolute atomic E-state index is 11.2. The van der Waals surface area contributed by atoms with Crippen LogP contribution in [-0.2, 0) is 4.79 Å². The van der Waals surface area contributed by atoms with Crippen LogP contribution in [0.15, 0.2) is 33.6 Å². The van der Waals surface area contributed by atoms with Crippen molar-refractivity contribution in [2.24, 2.45) is 5.73 Å². The Balaban J connectivity index is 0.00000289. The smallest absolute Gasteiger partial charge is 0.221 e. The summed E-state index contributed by atoms with van der Waals surface area (Å²) in [7, 11) is 0. The lowest BCUT2D eigenvalue weighted by Gasteiger charge is -2.12. The second-order valence-electron chi connectivity index (χ2n) is 3.73. The van der Waals surface area contributed by atoms with E-state index in [1.54, 1.807) is 11.8 Å². The quantitative estimate of drug-likeness (QED) is 0.773. The van der Waals surface area contributed by atoms with Crippen molar-refractivity contribution in [2.45, 2.75) is 23.5 Å². The molecule has 1 unspecified atom stereocenters. The van der Waals surface area contributed by atoms with Crippen LogP contribution >= 0.6 is 40.1 Å². The monoisotopic (exact) mass is 352 g/mol. The van der Waals surface area contributed by atoms with Crippen molar-refractivity contribution < 1.29 is 4.79 Å². The molecule has 0 saturated heterocycles. The summed E-state index contributed by atoms with van der Waals surface area (Å²) in [6.07, 6.45) is 0.398. The van der Waals surface area contributed by atoms with Crippen LogP contribution < -0.4 is 11.1 Å². The summed E-state index contributed by atoms with van der Waals surface area (Å²) < 4.78 is 1.07. The van der Waals surface area contributed by atoms with Gasteiger partial charge in [0.05, 0.1) is 0 Å². The molecule has 0 saturated carbocycles. The highest BCUT2D eigenvalue weighted by atomic mass is 79.9. The van der Waals surface area contributed by atoms with Gasteiger partial charge in [-0.2, -0.15) is 0 Å². The summed E-state index contributed by atoms with van der Waals surface area (Å²) in [5.74, 6) is 0.0238. The van der Waals surface area contributed by atoms with Crippen LogP contribution in [0.3, 0.4) is 0 Å². The van der Waals surface area contributed by atoms with E-state index in [1.165, 1.54) is 4.90 Å². The molecular formula is C12H18BrClN2OS. The van der Waals surface area contributed by atoms with Crippen LogP contribution in [0.1, 0.15) is 13.3 Å². The van der Waals surface area contributed by atoms with Gasteiger partial charge in [0.25, 0.3) is 0 Å². The Labute approximate surface area is 127 Å². The number of rotatable bonds is 6. The third kappa shape index (κ3) is 7.26. The van der Waals surface area contributed by atoms with Gasteiger partial charge in [0, 0.05) is 34.1 Å². The minimum atomic E-state index is 0. The Morgan fingerprint density at radius 2 is 2.06 bits per heavy atom. The van der Waals surface area contributed by atoms with Crippen molar-refractivity contribution in [3.8, 4) is 0 Å². The zero-order valence-corrected chi connectivity index (χ0v) is 13.4. The number of hydrogen-bond acceptors (Lipinski definition) is 3. The van der Waals surface area contributed by atoms with E-state index in [0.29, 0.717) is 24.8 Å². The first kappa shape index (κ1) is 17.8. The summed E-state index contributed by atoms with van der Waals surface area (Å²) in [5, 5.41) is 3.21. The minimum absolute atomic E-state index is 0. The van der Waals surface area contributed by atoms with Gasteiger partial charge in [-0.05, 0) is 24.3 Å². The first-order valence-electron chi connectivity index (χ1n) is 5.51. The van der Waals surface area contributed by atoms with Crippen molar-refractivity contribution >= 4 is 46.0 Å². The van der Waals surface area contributed by atoms with Crippen molar-refractivity contribution in [1.82, 2.24) is 5.32 Å². The molecule has 0 radical (unpaired) electrons. The molecule has 0 aliphatic carbocycles. The molecule has 0 aliphatic rings. The molecule has 1 atom stereocenters. The molecule has 0 bridgehead atoms. The second kappa shape index (κ2) is 9.67. The summed E-state index contributed by atoms with van der Waals surface area (Å²) in [6, 6.07) is 8.16. The number of thioether (sulfide) groups is 1. The Hall–Kier alpha value is -0.230. The Morgan fingerprint density at radius 3 is 2.61 bits per heavy atom. The highest BCUT2D eigenvalue weighted by Crippen LogP contribution is 2.24. The number of nitrogens with one attached hydrogen (secondary N) is 1. The van der Waals surface area contributed by atoms with E-state index in [1.807, 2.05) is 12.1 Å². The molecule has 0 aliphatic heterocycles. The first-order chi connectivity index (χ1) is 8.11. The van der Waals surface area contributed by atoms with Gasteiger partial charge in [0.2, 0.25) is 5.91 Å². The van der Waals surface area contributed by atoms with Gasteiger partial charge >= 0.3 is 0 Å². The fraction of sp³-hybridized carbons (Fsp3) is 0.417. The molecule has 0 heterocycles. The standard InChI is InChI=1S/C12H17BrN2OS.ClH/c1-9(8-15-12(16)6-7-14)17-11-4-2-10(13)3-5-11;/h2-5,9H,6-8,14H2,1H3,(H,15,16);1H. The number of carbonyl (C=O) groups excluding carboxylic acids is 1. The van der Waals surface area contributed by atoms with Crippen molar-refractivity contribution in [1.29, 1.82) is 0 Å². The fourth-order valence-corrected chi connectivity index (χ4v) is 2.45. The van der Waals surface area contributed by atoms with Gasteiger partial charge in [-0.3, -0.25) is 4.79 Å². The minimum Gasteiger partial charge on any atom is -0.355 e. The third-order valence-corrected chi connectivity index (χ3v) is 3.75. The van der Waals surface area contributed by atoms with Crippen LogP contribution in [-0.4, -0.2) is 24.2 Å². The van der Waals surface area contributed by atoms with Crippen LogP contribution in [0.5, 0.6) is 0 Å². The van der Waals surface area contributed by atoms with Crippen LogP contribution in [0.2, 0.25) is 0 Å². The number of hydrogen-bond donors (Lipinski definition) is 2. The number of amides is 1. The SMILES string of the molecule is CC(CNC(=O)CCN)Sc1ccc(Br)cc1.Cl. The highest BCUT2D eigenvalue weighted by Gasteiger charge is 2.06. The largest absolute Gasteiger partial charge is 0.355 e. The zero-order chi connectivity index (χ0) is 12.7. The van der Waals surface area contributed by atoms with E-state index < -0.39 is 0 Å². The molecule has 0 aromatic heterocycles. The van der Waals surface area contributed by atoms with Crippen LogP contribution in [0.25, 0.3) is 0 Å². The van der Waals surface area contributed by atoms with Gasteiger partial charge in [-0.25, -0.2) is 0 Å². The first-order valence-corrected chi connectivity index (χ1v) is 7.18. The number of halogens is 2. The zero-order valence-electron chi connectivity index (χ0n) is 10.2. The van der Waals surface area contributed by atoms with Gasteiger partial charge < -0.3 is 11.1 Å². The summed E-state index contributed by atoms with van der Waals surface area (Å²) in [4.78, 5) is 12.4. The molecule has 1 rings (SSSR count). The molecule has 0 fully saturated rings. The highest BCUT2D eigenvalue weighted by molar-refractivity contribution is 9.10. The van der Waals surface area contributed by atoms with E-state index in [2.05, 4.69) is 40.3 Å². The number of nitrogens with two attached hydrogens (primary N) is 1. The Morgan fingerprint density at radius 1 is 1.44 bits per heavy atom. The maximum Gasteiger partial charge on any atom is 0.221 e. The molecule has 1 amide bonds. The van der Waals surface area contributed by atoms with Crippen LogP contribution in [0, 0.1) is 0 Å². The molecule has 6 heteroatoms. The van der Waals surface area contributed by atoms with Crippen molar-refractivity contribution in [3.63, 3.8) is 0 Å². The van der Waals surface area contributed by atoms with Gasteiger partial charge in [-0.1, -0.05) is 22.9 Å². The molecule has 102 valence electrons. The van der Waals surface area contributed by atoms with Gasteiger partial charge in [0.1, 0.15) is 0 Å². The molecule has 3 nitrogen and oxygen atoms in total. The Kier molecular flexibility index (Phi) is 9.54. The Bertz CT molecular complexity index is 362. The van der Waals surface area contributed by atoms with E-state index >= 15 is 0 Å². The predicted octanol–water partition coefficient (Wildman–Crippen LogP) is 2.82. The topological polar surface area (TPSA) is 55.1 Å². The number of carbonyl (C=O) groups is 1. The predicted molar refractivity (Wildman–Crippen MR) is 83.4 cm³/mol. The summed E-state index contributed by atoms with van der Waals surface area (Å²) in [6.45, 7) is 3.16. The lowest BCUT2D eigenvalue weighted by Crippen LogP contribution is -2.30. The molecular weight excluding hydrogens is 336 g/mol. The summed E-state index contributed by atoms with van der Waals surface area (Å²) in [5.41, 5.74) is 5.30. The van der Waals surface area contributed by atoms with E-state index in [-0.39, 0.29) is 18.3 Å². The molecule has 18 heavy (non-hydrogen) atoms. The third-order valence-electron chi connectivity index (χ3n) is 2.11. The molecule has 1 aromatic carbocycles. The van der Waals surface area contributed by atoms with E-state index in [9.17, 15) is 4.79 Å². The van der Waals surface area contributed by atoms with Gasteiger partial charge in [-0.15, -0.1) is 24.2 Å². The van der Waals surface area contributed by atoms with Crippen LogP contribution in [0.4, 0.5) is 0 Å².